The summed E-state index contributed by atoms with van der Waals surface area (Å²) in [6.45, 7) is 4.78. The first-order valence-electron chi connectivity index (χ1n) is 20.0. The van der Waals surface area contributed by atoms with E-state index in [1.807, 2.05) is 44.2 Å². The number of hydrogen-bond donors (Lipinski definition) is 4. The third-order valence-corrected chi connectivity index (χ3v) is 11.4. The number of imidazole rings is 2. The molecule has 8 rings (SSSR count). The van der Waals surface area contributed by atoms with Crippen molar-refractivity contribution < 1.29 is 33.1 Å². The molecule has 2 aliphatic heterocycles. The standard InChI is InChI=1S/C44H46N8O8/c1-24(2)36(49-43(56)58-3)41(54)51-18-8-12-32(51)39-45-22-30(47-39)26-15-17-34-29(20-26)38(53)28-16-14-27(21-35(28)60-34)31-23-46-40(48-31)33-13-9-19-52(33)42(55)37(50-44(57)59-4)25-10-6-5-7-11-25/h5-7,10-11,14-17,20-24,32-33,36-37H,8-9,12-13,18-19H2,1-4H3,(H,45,47)(H,46,48)(H,49,56)(H,50,57)/t32-,33-,36-,37+/m0/s1. The van der Waals surface area contributed by atoms with Gasteiger partial charge in [-0.05, 0) is 67.5 Å². The van der Waals surface area contributed by atoms with Crippen LogP contribution in [0.25, 0.3) is 44.5 Å². The van der Waals surface area contributed by atoms with Crippen molar-refractivity contribution in [3.8, 4) is 22.5 Å². The molecule has 0 unspecified atom stereocenters. The predicted octanol–water partition coefficient (Wildman–Crippen LogP) is 6.53. The Balaban J connectivity index is 1.01. The number of fused-ring (bicyclic) bond motifs is 2. The topological polar surface area (TPSA) is 205 Å². The zero-order valence-electron chi connectivity index (χ0n) is 33.7. The minimum Gasteiger partial charge on any atom is -0.456 e. The molecule has 4 amide bonds. The zero-order chi connectivity index (χ0) is 42.1. The number of likely N-dealkylation sites (tertiary alicyclic amines) is 2. The number of carbonyl (C=O) groups excluding carboxylic acids is 4. The van der Waals surface area contributed by atoms with Gasteiger partial charge in [0.2, 0.25) is 11.3 Å². The van der Waals surface area contributed by atoms with Gasteiger partial charge in [0.15, 0.2) is 0 Å². The summed E-state index contributed by atoms with van der Waals surface area (Å²) < 4.78 is 15.9. The summed E-state index contributed by atoms with van der Waals surface area (Å²) in [4.78, 5) is 85.3. The van der Waals surface area contributed by atoms with Crippen LogP contribution in [-0.4, -0.2) is 87.1 Å². The lowest BCUT2D eigenvalue weighted by atomic mass is 10.0. The van der Waals surface area contributed by atoms with Crippen molar-refractivity contribution in [2.24, 2.45) is 5.92 Å². The van der Waals surface area contributed by atoms with Crippen molar-refractivity contribution in [3.63, 3.8) is 0 Å². The zero-order valence-corrected chi connectivity index (χ0v) is 33.7. The molecule has 6 aromatic rings. The van der Waals surface area contributed by atoms with Crippen LogP contribution in [-0.2, 0) is 19.1 Å². The Labute approximate surface area is 344 Å². The molecule has 2 aliphatic rings. The molecule has 2 fully saturated rings. The number of benzene rings is 3. The Morgan fingerprint density at radius 3 is 1.93 bits per heavy atom. The SMILES string of the molecule is COC(=O)N[C@H](C(=O)N1CCC[C@H]1c1ncc(-c2ccc3oc4cc(-c5cnc([C@@H]6CCCN6C(=O)[C@H](NC(=O)OC)c6ccccc6)[nH]5)ccc4c(=O)c3c2)[nH]1)C(C)C. The number of carbonyl (C=O) groups is 4. The number of aromatic nitrogens is 4. The van der Waals surface area contributed by atoms with E-state index in [2.05, 4.69) is 30.6 Å². The van der Waals surface area contributed by atoms with Gasteiger partial charge in [-0.2, -0.15) is 0 Å². The molecule has 0 spiro atoms. The van der Waals surface area contributed by atoms with Crippen molar-refractivity contribution in [2.45, 2.75) is 63.7 Å². The summed E-state index contributed by atoms with van der Waals surface area (Å²) in [5, 5.41) is 6.17. The number of alkyl carbamates (subject to hydrolysis) is 2. The number of amides is 4. The molecule has 3 aromatic carbocycles. The average Bonchev–Trinajstić information content (AvgIpc) is 4.11. The van der Waals surface area contributed by atoms with E-state index in [0.717, 1.165) is 24.0 Å². The van der Waals surface area contributed by atoms with Crippen molar-refractivity contribution in [3.05, 3.63) is 107 Å². The van der Waals surface area contributed by atoms with Crippen LogP contribution in [0, 0.1) is 5.92 Å². The lowest BCUT2D eigenvalue weighted by molar-refractivity contribution is -0.135. The number of rotatable bonds is 10. The van der Waals surface area contributed by atoms with Gasteiger partial charge in [0.25, 0.3) is 5.91 Å². The Bertz CT molecular complexity index is 2640. The molecule has 16 nitrogen and oxygen atoms in total. The molecule has 2 saturated heterocycles. The second-order valence-electron chi connectivity index (χ2n) is 15.4. The molecule has 0 radical (unpaired) electrons. The highest BCUT2D eigenvalue weighted by atomic mass is 16.5. The van der Waals surface area contributed by atoms with E-state index in [1.54, 1.807) is 58.6 Å². The molecule has 0 aliphatic carbocycles. The number of hydrogen-bond acceptors (Lipinski definition) is 10. The number of H-pyrrole nitrogens is 2. The maximum absolute atomic E-state index is 13.9. The van der Waals surface area contributed by atoms with Crippen LogP contribution < -0.4 is 16.1 Å². The van der Waals surface area contributed by atoms with Crippen LogP contribution >= 0.6 is 0 Å². The van der Waals surface area contributed by atoms with Crippen molar-refractivity contribution in [1.82, 2.24) is 40.4 Å². The highest BCUT2D eigenvalue weighted by Gasteiger charge is 2.39. The first kappa shape index (κ1) is 39.8. The molecule has 4 atom stereocenters. The van der Waals surface area contributed by atoms with E-state index in [9.17, 15) is 24.0 Å². The van der Waals surface area contributed by atoms with E-state index < -0.39 is 24.3 Å². The highest BCUT2D eigenvalue weighted by molar-refractivity contribution is 5.93. The summed E-state index contributed by atoms with van der Waals surface area (Å²) in [7, 11) is 2.53. The van der Waals surface area contributed by atoms with Crippen molar-refractivity contribution in [2.75, 3.05) is 27.3 Å². The number of aromatic amines is 2. The Hall–Kier alpha value is -6.97. The molecule has 16 heteroatoms. The Kier molecular flexibility index (Phi) is 11.1. The second-order valence-corrected chi connectivity index (χ2v) is 15.4. The van der Waals surface area contributed by atoms with Gasteiger partial charge in [-0.25, -0.2) is 19.6 Å². The second kappa shape index (κ2) is 16.7. The molecular weight excluding hydrogens is 769 g/mol. The molecular formula is C44H46N8O8. The van der Waals surface area contributed by atoms with E-state index in [-0.39, 0.29) is 35.2 Å². The molecule has 4 N–H and O–H groups in total. The van der Waals surface area contributed by atoms with Crippen LogP contribution in [0.3, 0.4) is 0 Å². The lowest BCUT2D eigenvalue weighted by Crippen LogP contribution is -2.51. The Morgan fingerprint density at radius 2 is 1.32 bits per heavy atom. The number of methoxy groups -OCH3 is 2. The molecule has 60 heavy (non-hydrogen) atoms. The van der Waals surface area contributed by atoms with Gasteiger partial charge >= 0.3 is 12.2 Å². The fraction of sp³-hybridized carbons (Fsp3) is 0.341. The van der Waals surface area contributed by atoms with Gasteiger partial charge in [-0.3, -0.25) is 14.4 Å². The lowest BCUT2D eigenvalue weighted by Gasteiger charge is -2.30. The fourth-order valence-corrected chi connectivity index (χ4v) is 8.28. The first-order valence-corrected chi connectivity index (χ1v) is 20.0. The summed E-state index contributed by atoms with van der Waals surface area (Å²) in [5.74, 6) is 0.619. The average molecular weight is 815 g/mol. The molecule has 310 valence electrons. The third kappa shape index (κ3) is 7.67. The normalized spacial score (nSPS) is 17.6. The predicted molar refractivity (Wildman–Crippen MR) is 221 cm³/mol. The van der Waals surface area contributed by atoms with E-state index in [0.29, 0.717) is 76.5 Å². The molecule has 0 saturated carbocycles. The minimum atomic E-state index is -0.929. The van der Waals surface area contributed by atoms with Crippen LogP contribution in [0.2, 0.25) is 0 Å². The molecule has 5 heterocycles. The first-order chi connectivity index (χ1) is 29.0. The summed E-state index contributed by atoms with van der Waals surface area (Å²) in [6.07, 6.45) is 4.98. The fourth-order valence-electron chi connectivity index (χ4n) is 8.28. The van der Waals surface area contributed by atoms with Crippen molar-refractivity contribution >= 4 is 45.9 Å². The van der Waals surface area contributed by atoms with Gasteiger partial charge in [0.05, 0.1) is 60.9 Å². The molecule has 3 aromatic heterocycles. The van der Waals surface area contributed by atoms with Gasteiger partial charge in [0.1, 0.15) is 34.9 Å². The summed E-state index contributed by atoms with van der Waals surface area (Å²) >= 11 is 0. The van der Waals surface area contributed by atoms with E-state index in [1.165, 1.54) is 14.2 Å². The number of nitrogens with one attached hydrogen (secondary N) is 4. The minimum absolute atomic E-state index is 0.152. The van der Waals surface area contributed by atoms with Crippen molar-refractivity contribution in [1.29, 1.82) is 0 Å². The summed E-state index contributed by atoms with van der Waals surface area (Å²) in [5.41, 5.74) is 4.12. The maximum Gasteiger partial charge on any atom is 0.407 e. The van der Waals surface area contributed by atoms with Gasteiger partial charge < -0.3 is 44.3 Å². The quantitative estimate of drug-likeness (QED) is 0.110. The number of nitrogens with zero attached hydrogens (tertiary/aromatic N) is 4. The van der Waals surface area contributed by atoms with Gasteiger partial charge in [-0.1, -0.05) is 50.2 Å². The highest BCUT2D eigenvalue weighted by Crippen LogP contribution is 2.36. The monoisotopic (exact) mass is 814 g/mol. The van der Waals surface area contributed by atoms with Gasteiger partial charge in [0, 0.05) is 24.2 Å². The largest absolute Gasteiger partial charge is 0.456 e. The van der Waals surface area contributed by atoms with Crippen LogP contribution in [0.1, 0.15) is 74.9 Å². The van der Waals surface area contributed by atoms with E-state index in [4.69, 9.17) is 13.9 Å². The maximum atomic E-state index is 13.9. The third-order valence-electron chi connectivity index (χ3n) is 11.4. The smallest absolute Gasteiger partial charge is 0.407 e. The van der Waals surface area contributed by atoms with Crippen LogP contribution in [0.4, 0.5) is 9.59 Å². The molecule has 0 bridgehead atoms. The number of ether oxygens (including phenoxy) is 2. The van der Waals surface area contributed by atoms with Crippen LogP contribution in [0.5, 0.6) is 0 Å². The van der Waals surface area contributed by atoms with E-state index >= 15 is 0 Å². The van der Waals surface area contributed by atoms with Crippen LogP contribution in [0.15, 0.2) is 88.3 Å². The summed E-state index contributed by atoms with van der Waals surface area (Å²) in [6, 6.07) is 17.5. The Morgan fingerprint density at radius 1 is 0.733 bits per heavy atom. The van der Waals surface area contributed by atoms with Gasteiger partial charge in [-0.15, -0.1) is 0 Å².